The van der Waals surface area contributed by atoms with Crippen molar-refractivity contribution >= 4 is 29.8 Å². The Morgan fingerprint density at radius 3 is 2.03 bits per heavy atom. The molecule has 5 rings (SSSR count). The molecule has 0 radical (unpaired) electrons. The second kappa shape index (κ2) is 11.9. The molecule has 3 aromatic rings. The SMILES string of the molecule is COC(=O)[C@H](CN1CCC(=C2c3ccccc3C=Cc3ccccc32)CC1)NC(=O)OCc1ccccc1. The number of piperidine rings is 1. The first-order chi connectivity index (χ1) is 18.6. The van der Waals surface area contributed by atoms with E-state index in [-0.39, 0.29) is 6.61 Å². The molecule has 6 heteroatoms. The molecule has 0 spiro atoms. The minimum absolute atomic E-state index is 0.138. The highest BCUT2D eigenvalue weighted by Crippen LogP contribution is 2.38. The normalized spacial score (nSPS) is 15.6. The molecule has 1 aliphatic carbocycles. The Kier molecular flexibility index (Phi) is 8.00. The lowest BCUT2D eigenvalue weighted by Crippen LogP contribution is -2.50. The standard InChI is InChI=1S/C32H32N2O4/c1-37-31(35)29(33-32(36)38-22-23-9-3-2-4-10-23)21-34-19-17-26(18-20-34)30-27-13-7-5-11-24(27)15-16-25-12-6-8-14-28(25)30/h2-16,29H,17-22H2,1H3,(H,33,36)/t29-/m0/s1. The van der Waals surface area contributed by atoms with E-state index in [0.29, 0.717) is 6.54 Å². The molecule has 1 N–H and O–H groups in total. The Balaban J connectivity index is 1.28. The molecule has 0 unspecified atom stereocenters. The van der Waals surface area contributed by atoms with Crippen molar-refractivity contribution in [3.63, 3.8) is 0 Å². The molecule has 0 saturated carbocycles. The van der Waals surface area contributed by atoms with Gasteiger partial charge in [0.05, 0.1) is 7.11 Å². The van der Waals surface area contributed by atoms with Crippen LogP contribution in [0.1, 0.15) is 40.7 Å². The Bertz CT molecular complexity index is 1300. The number of hydrogen-bond acceptors (Lipinski definition) is 5. The largest absolute Gasteiger partial charge is 0.467 e. The van der Waals surface area contributed by atoms with E-state index in [2.05, 4.69) is 70.9 Å². The highest BCUT2D eigenvalue weighted by atomic mass is 16.6. The van der Waals surface area contributed by atoms with Gasteiger partial charge in [0.25, 0.3) is 0 Å². The zero-order valence-electron chi connectivity index (χ0n) is 21.6. The maximum atomic E-state index is 12.5. The molecule has 1 heterocycles. The van der Waals surface area contributed by atoms with E-state index in [1.54, 1.807) is 0 Å². The summed E-state index contributed by atoms with van der Waals surface area (Å²) in [5.74, 6) is -0.483. The minimum atomic E-state index is -0.805. The smallest absolute Gasteiger partial charge is 0.408 e. The van der Waals surface area contributed by atoms with Crippen LogP contribution in [-0.4, -0.2) is 49.7 Å². The van der Waals surface area contributed by atoms with Crippen molar-refractivity contribution in [2.24, 2.45) is 0 Å². The fourth-order valence-electron chi connectivity index (χ4n) is 5.19. The number of esters is 1. The molecule has 2 aliphatic rings. The van der Waals surface area contributed by atoms with Gasteiger partial charge in [-0.2, -0.15) is 0 Å². The highest BCUT2D eigenvalue weighted by Gasteiger charge is 2.28. The first-order valence-electron chi connectivity index (χ1n) is 13.0. The van der Waals surface area contributed by atoms with Gasteiger partial charge in [-0.1, -0.05) is 96.6 Å². The van der Waals surface area contributed by atoms with E-state index < -0.39 is 18.1 Å². The van der Waals surface area contributed by atoms with Gasteiger partial charge in [-0.15, -0.1) is 0 Å². The first-order valence-corrected chi connectivity index (χ1v) is 13.0. The van der Waals surface area contributed by atoms with Crippen molar-refractivity contribution in [2.75, 3.05) is 26.7 Å². The van der Waals surface area contributed by atoms with E-state index in [9.17, 15) is 9.59 Å². The van der Waals surface area contributed by atoms with E-state index >= 15 is 0 Å². The zero-order valence-corrected chi connectivity index (χ0v) is 21.6. The second-order valence-corrected chi connectivity index (χ2v) is 9.57. The Hall–Kier alpha value is -4.16. The fraction of sp³-hybridized carbons (Fsp3) is 0.250. The molecule has 1 saturated heterocycles. The molecule has 1 amide bonds. The molecule has 38 heavy (non-hydrogen) atoms. The van der Waals surface area contributed by atoms with Crippen LogP contribution in [0.25, 0.3) is 17.7 Å². The number of methoxy groups -OCH3 is 1. The number of likely N-dealkylation sites (tertiary alicyclic amines) is 1. The number of amides is 1. The van der Waals surface area contributed by atoms with Crippen LogP contribution in [0.4, 0.5) is 4.79 Å². The predicted octanol–water partition coefficient (Wildman–Crippen LogP) is 5.54. The third kappa shape index (κ3) is 5.87. The molecule has 3 aromatic carbocycles. The molecule has 1 aliphatic heterocycles. The van der Waals surface area contributed by atoms with Crippen molar-refractivity contribution in [1.82, 2.24) is 10.2 Å². The average molecular weight is 509 g/mol. The van der Waals surface area contributed by atoms with Crippen LogP contribution in [0.2, 0.25) is 0 Å². The number of nitrogens with zero attached hydrogens (tertiary/aromatic N) is 1. The van der Waals surface area contributed by atoms with Gasteiger partial charge in [0.2, 0.25) is 0 Å². The number of carbonyl (C=O) groups excluding carboxylic acids is 2. The Labute approximate surface area is 223 Å². The van der Waals surface area contributed by atoms with Crippen LogP contribution in [0, 0.1) is 0 Å². The topological polar surface area (TPSA) is 67.9 Å². The molecule has 1 fully saturated rings. The Morgan fingerprint density at radius 1 is 0.842 bits per heavy atom. The van der Waals surface area contributed by atoms with Crippen molar-refractivity contribution < 1.29 is 19.1 Å². The number of hydrogen-bond donors (Lipinski definition) is 1. The quantitative estimate of drug-likeness (QED) is 0.347. The van der Waals surface area contributed by atoms with Crippen LogP contribution >= 0.6 is 0 Å². The summed E-state index contributed by atoms with van der Waals surface area (Å²) in [6.07, 6.45) is 5.51. The molecule has 0 bridgehead atoms. The first kappa shape index (κ1) is 25.5. The van der Waals surface area contributed by atoms with Gasteiger partial charge in [-0.3, -0.25) is 0 Å². The summed E-state index contributed by atoms with van der Waals surface area (Å²) < 4.78 is 10.3. The van der Waals surface area contributed by atoms with Crippen LogP contribution in [0.3, 0.4) is 0 Å². The molecular formula is C32H32N2O4. The van der Waals surface area contributed by atoms with Gasteiger partial charge in [-0.25, -0.2) is 9.59 Å². The van der Waals surface area contributed by atoms with E-state index in [4.69, 9.17) is 9.47 Å². The van der Waals surface area contributed by atoms with Gasteiger partial charge in [0.15, 0.2) is 0 Å². The summed E-state index contributed by atoms with van der Waals surface area (Å²) in [4.78, 5) is 27.1. The monoisotopic (exact) mass is 508 g/mol. The lowest BCUT2D eigenvalue weighted by Gasteiger charge is -2.32. The number of ether oxygens (including phenoxy) is 2. The van der Waals surface area contributed by atoms with Gasteiger partial charge < -0.3 is 19.7 Å². The van der Waals surface area contributed by atoms with Crippen LogP contribution in [0.15, 0.2) is 84.4 Å². The second-order valence-electron chi connectivity index (χ2n) is 9.57. The maximum Gasteiger partial charge on any atom is 0.408 e. The summed E-state index contributed by atoms with van der Waals surface area (Å²) >= 11 is 0. The summed E-state index contributed by atoms with van der Waals surface area (Å²) in [5, 5.41) is 2.70. The summed E-state index contributed by atoms with van der Waals surface area (Å²) in [6.45, 7) is 2.07. The number of carbonyl (C=O) groups is 2. The lowest BCUT2D eigenvalue weighted by molar-refractivity contribution is -0.143. The van der Waals surface area contributed by atoms with Crippen LogP contribution in [-0.2, 0) is 20.9 Å². The van der Waals surface area contributed by atoms with E-state index in [1.165, 1.54) is 40.5 Å². The summed E-state index contributed by atoms with van der Waals surface area (Å²) in [7, 11) is 1.33. The highest BCUT2D eigenvalue weighted by molar-refractivity contribution is 5.95. The van der Waals surface area contributed by atoms with Crippen LogP contribution < -0.4 is 5.32 Å². The van der Waals surface area contributed by atoms with Crippen molar-refractivity contribution in [3.8, 4) is 0 Å². The van der Waals surface area contributed by atoms with Crippen molar-refractivity contribution in [2.45, 2.75) is 25.5 Å². The predicted molar refractivity (Wildman–Crippen MR) is 149 cm³/mol. The Morgan fingerprint density at radius 2 is 1.42 bits per heavy atom. The third-order valence-electron chi connectivity index (χ3n) is 7.15. The fourth-order valence-corrected chi connectivity index (χ4v) is 5.19. The van der Waals surface area contributed by atoms with Crippen molar-refractivity contribution in [3.05, 3.63) is 112 Å². The number of rotatable bonds is 6. The zero-order chi connectivity index (χ0) is 26.3. The number of benzene rings is 3. The number of nitrogens with one attached hydrogen (secondary N) is 1. The van der Waals surface area contributed by atoms with Crippen molar-refractivity contribution in [1.29, 1.82) is 0 Å². The molecule has 194 valence electrons. The molecule has 6 nitrogen and oxygen atoms in total. The minimum Gasteiger partial charge on any atom is -0.467 e. The lowest BCUT2D eigenvalue weighted by atomic mass is 9.86. The average Bonchev–Trinajstić information content (AvgIpc) is 3.13. The maximum absolute atomic E-state index is 12.5. The molecule has 0 aromatic heterocycles. The van der Waals surface area contributed by atoms with Gasteiger partial charge in [0.1, 0.15) is 12.6 Å². The third-order valence-corrected chi connectivity index (χ3v) is 7.15. The van der Waals surface area contributed by atoms with Gasteiger partial charge in [0, 0.05) is 19.6 Å². The molecule has 1 atom stereocenters. The summed E-state index contributed by atoms with van der Waals surface area (Å²) in [5.41, 5.74) is 8.56. The summed E-state index contributed by atoms with van der Waals surface area (Å²) in [6, 6.07) is 25.7. The molecular weight excluding hydrogens is 476 g/mol. The van der Waals surface area contributed by atoms with E-state index in [0.717, 1.165) is 31.5 Å². The van der Waals surface area contributed by atoms with Gasteiger partial charge in [-0.05, 0) is 46.2 Å². The number of alkyl carbamates (subject to hydrolysis) is 1. The number of fused-ring (bicyclic) bond motifs is 2. The van der Waals surface area contributed by atoms with Gasteiger partial charge >= 0.3 is 12.1 Å². The van der Waals surface area contributed by atoms with E-state index in [1.807, 2.05) is 30.3 Å². The van der Waals surface area contributed by atoms with Crippen LogP contribution in [0.5, 0.6) is 0 Å².